The third-order valence-electron chi connectivity index (χ3n) is 1.56. The average Bonchev–Trinajstić information content (AvgIpc) is 2.15. The van der Waals surface area contributed by atoms with Crippen LogP contribution in [0.5, 0.6) is 0 Å². The molecule has 0 aliphatic rings. The molecule has 0 spiro atoms. The van der Waals surface area contributed by atoms with Gasteiger partial charge in [0.25, 0.3) is 0 Å². The Bertz CT molecular complexity index is 473. The highest BCUT2D eigenvalue weighted by Crippen LogP contribution is 2.20. The summed E-state index contributed by atoms with van der Waals surface area (Å²) in [5, 5.41) is 0. The number of hydrogen-bond acceptors (Lipinski definition) is 3. The molecule has 0 aliphatic carbocycles. The van der Waals surface area contributed by atoms with Crippen molar-refractivity contribution in [2.24, 2.45) is 5.73 Å². The first-order valence-corrected chi connectivity index (χ1v) is 6.23. The molecule has 0 saturated heterocycles. The first kappa shape index (κ1) is 15.1. The standard InChI is InChI=1S/C8H9BrN2O3S.CH4/c9-6-3-1-2-4-7(6)15(13,14)11-5-8(10)12;/h1-4,11H,5H2,(H2,10,12);1H4. The molecule has 1 rings (SSSR count). The number of nitrogens with two attached hydrogens (primary N) is 1. The maximum Gasteiger partial charge on any atom is 0.242 e. The van der Waals surface area contributed by atoms with Gasteiger partial charge in [-0.05, 0) is 28.1 Å². The van der Waals surface area contributed by atoms with E-state index in [4.69, 9.17) is 5.73 Å². The van der Waals surface area contributed by atoms with E-state index in [1.165, 1.54) is 6.07 Å². The quantitative estimate of drug-likeness (QED) is 0.864. The molecule has 16 heavy (non-hydrogen) atoms. The van der Waals surface area contributed by atoms with E-state index in [2.05, 4.69) is 20.7 Å². The minimum Gasteiger partial charge on any atom is -0.369 e. The van der Waals surface area contributed by atoms with Crippen LogP contribution in [0.25, 0.3) is 0 Å². The van der Waals surface area contributed by atoms with Crippen molar-refractivity contribution in [2.75, 3.05) is 6.54 Å². The number of sulfonamides is 1. The first-order chi connectivity index (χ1) is 6.93. The number of rotatable bonds is 4. The van der Waals surface area contributed by atoms with Gasteiger partial charge >= 0.3 is 0 Å². The van der Waals surface area contributed by atoms with E-state index >= 15 is 0 Å². The average molecular weight is 309 g/mol. The molecular weight excluding hydrogens is 296 g/mol. The molecular formula is C9H13BrN2O3S. The second-order valence-electron chi connectivity index (χ2n) is 2.72. The summed E-state index contributed by atoms with van der Waals surface area (Å²) in [5.41, 5.74) is 4.84. The zero-order valence-corrected chi connectivity index (χ0v) is 10.0. The summed E-state index contributed by atoms with van der Waals surface area (Å²) >= 11 is 3.10. The molecule has 7 heteroatoms. The lowest BCUT2D eigenvalue weighted by Crippen LogP contribution is -2.33. The number of amides is 1. The fraction of sp³-hybridized carbons (Fsp3) is 0.222. The van der Waals surface area contributed by atoms with Gasteiger partial charge in [0.1, 0.15) is 0 Å². The van der Waals surface area contributed by atoms with Crippen molar-refractivity contribution in [1.82, 2.24) is 4.72 Å². The van der Waals surface area contributed by atoms with E-state index in [0.29, 0.717) is 4.47 Å². The summed E-state index contributed by atoms with van der Waals surface area (Å²) in [4.78, 5) is 10.5. The molecule has 3 N–H and O–H groups in total. The van der Waals surface area contributed by atoms with Crippen LogP contribution < -0.4 is 10.5 Å². The summed E-state index contributed by atoms with van der Waals surface area (Å²) in [6.07, 6.45) is 0. The van der Waals surface area contributed by atoms with Gasteiger partial charge < -0.3 is 5.73 Å². The van der Waals surface area contributed by atoms with Crippen molar-refractivity contribution in [1.29, 1.82) is 0 Å². The van der Waals surface area contributed by atoms with Crippen LogP contribution in [0.3, 0.4) is 0 Å². The fourth-order valence-electron chi connectivity index (χ4n) is 0.907. The Labute approximate surface area is 103 Å². The van der Waals surface area contributed by atoms with Crippen molar-refractivity contribution in [2.45, 2.75) is 12.3 Å². The molecule has 0 bridgehead atoms. The van der Waals surface area contributed by atoms with Gasteiger partial charge in [0, 0.05) is 4.47 Å². The molecule has 0 aliphatic heterocycles. The summed E-state index contributed by atoms with van der Waals surface area (Å²) in [6.45, 7) is -0.413. The van der Waals surface area contributed by atoms with Gasteiger partial charge in [0.15, 0.2) is 0 Å². The minimum absolute atomic E-state index is 0. The molecule has 90 valence electrons. The van der Waals surface area contributed by atoms with Gasteiger partial charge in [-0.25, -0.2) is 13.1 Å². The molecule has 1 aromatic rings. The maximum atomic E-state index is 11.6. The summed E-state index contributed by atoms with van der Waals surface area (Å²) < 4.78 is 25.7. The van der Waals surface area contributed by atoms with Crippen LogP contribution in [0.15, 0.2) is 33.6 Å². The summed E-state index contributed by atoms with van der Waals surface area (Å²) in [6, 6.07) is 6.30. The number of primary amides is 1. The lowest BCUT2D eigenvalue weighted by molar-refractivity contribution is -0.116. The van der Waals surface area contributed by atoms with Gasteiger partial charge in [0.2, 0.25) is 15.9 Å². The molecule has 5 nitrogen and oxygen atoms in total. The van der Waals surface area contributed by atoms with E-state index in [0.717, 1.165) is 0 Å². The van der Waals surface area contributed by atoms with Crippen molar-refractivity contribution in [3.05, 3.63) is 28.7 Å². The predicted molar refractivity (Wildman–Crippen MR) is 65.3 cm³/mol. The lowest BCUT2D eigenvalue weighted by atomic mass is 10.4. The molecule has 0 saturated carbocycles. The number of nitrogens with one attached hydrogen (secondary N) is 1. The van der Waals surface area contributed by atoms with Crippen LogP contribution in [0.2, 0.25) is 0 Å². The smallest absolute Gasteiger partial charge is 0.242 e. The highest BCUT2D eigenvalue weighted by atomic mass is 79.9. The Hall–Kier alpha value is -0.920. The Balaban J connectivity index is 0.00000225. The second kappa shape index (κ2) is 5.97. The SMILES string of the molecule is C.NC(=O)CNS(=O)(=O)c1ccccc1Br. The maximum absolute atomic E-state index is 11.6. The van der Waals surface area contributed by atoms with E-state index in [1.54, 1.807) is 18.2 Å². The largest absolute Gasteiger partial charge is 0.369 e. The highest BCUT2D eigenvalue weighted by molar-refractivity contribution is 9.10. The van der Waals surface area contributed by atoms with E-state index in [-0.39, 0.29) is 12.3 Å². The van der Waals surface area contributed by atoms with Crippen LogP contribution in [-0.4, -0.2) is 20.9 Å². The van der Waals surface area contributed by atoms with Crippen LogP contribution in [0.4, 0.5) is 0 Å². The molecule has 0 radical (unpaired) electrons. The van der Waals surface area contributed by atoms with Gasteiger partial charge in [-0.3, -0.25) is 4.79 Å². The molecule has 1 amide bonds. The number of halogens is 1. The van der Waals surface area contributed by atoms with Gasteiger partial charge in [-0.2, -0.15) is 0 Å². The number of carbonyl (C=O) groups excluding carboxylic acids is 1. The summed E-state index contributed by atoms with van der Waals surface area (Å²) in [5.74, 6) is -0.731. The topological polar surface area (TPSA) is 89.3 Å². The van der Waals surface area contributed by atoms with Crippen molar-refractivity contribution >= 4 is 31.9 Å². The normalized spacial score (nSPS) is 10.6. The molecule has 0 aromatic heterocycles. The van der Waals surface area contributed by atoms with Gasteiger partial charge in [0.05, 0.1) is 11.4 Å². The molecule has 0 heterocycles. The number of carbonyl (C=O) groups is 1. The van der Waals surface area contributed by atoms with Crippen molar-refractivity contribution < 1.29 is 13.2 Å². The second-order valence-corrected chi connectivity index (χ2v) is 5.31. The predicted octanol–water partition coefficient (Wildman–Crippen LogP) is 0.849. The molecule has 0 unspecified atom stereocenters. The third-order valence-corrected chi connectivity index (χ3v) is 3.98. The van der Waals surface area contributed by atoms with E-state index < -0.39 is 22.5 Å². The van der Waals surface area contributed by atoms with E-state index in [1.807, 2.05) is 0 Å². The first-order valence-electron chi connectivity index (χ1n) is 3.96. The number of hydrogen-bond donors (Lipinski definition) is 2. The third kappa shape index (κ3) is 3.92. The lowest BCUT2D eigenvalue weighted by Gasteiger charge is -2.06. The Morgan fingerprint density at radius 1 is 1.38 bits per heavy atom. The number of benzene rings is 1. The van der Waals surface area contributed by atoms with E-state index in [9.17, 15) is 13.2 Å². The fourth-order valence-corrected chi connectivity index (χ4v) is 2.90. The van der Waals surface area contributed by atoms with Crippen LogP contribution in [-0.2, 0) is 14.8 Å². The zero-order valence-electron chi connectivity index (χ0n) is 7.60. The van der Waals surface area contributed by atoms with Crippen molar-refractivity contribution in [3.63, 3.8) is 0 Å². The van der Waals surface area contributed by atoms with Crippen LogP contribution in [0.1, 0.15) is 7.43 Å². The molecule has 0 fully saturated rings. The monoisotopic (exact) mass is 308 g/mol. The molecule has 0 atom stereocenters. The van der Waals surface area contributed by atoms with Gasteiger partial charge in [-0.15, -0.1) is 0 Å². The van der Waals surface area contributed by atoms with Crippen LogP contribution in [0, 0.1) is 0 Å². The van der Waals surface area contributed by atoms with Gasteiger partial charge in [-0.1, -0.05) is 19.6 Å². The Morgan fingerprint density at radius 2 is 1.94 bits per heavy atom. The Morgan fingerprint density at radius 3 is 2.44 bits per heavy atom. The minimum atomic E-state index is -3.68. The molecule has 1 aromatic carbocycles. The zero-order chi connectivity index (χ0) is 11.5. The Kier molecular flexibility index (Phi) is 5.63. The van der Waals surface area contributed by atoms with Crippen LogP contribution >= 0.6 is 15.9 Å². The van der Waals surface area contributed by atoms with Crippen molar-refractivity contribution in [3.8, 4) is 0 Å². The highest BCUT2D eigenvalue weighted by Gasteiger charge is 2.16. The summed E-state index contributed by atoms with van der Waals surface area (Å²) in [7, 11) is -3.68.